The number of benzene rings is 1. The van der Waals surface area contributed by atoms with Crippen molar-refractivity contribution >= 4 is 16.6 Å². The summed E-state index contributed by atoms with van der Waals surface area (Å²) in [7, 11) is 3.67. The van der Waals surface area contributed by atoms with Crippen LogP contribution in [0.25, 0.3) is 10.9 Å². The fourth-order valence-electron chi connectivity index (χ4n) is 3.82. The number of ether oxygens (including phenoxy) is 1. The highest BCUT2D eigenvalue weighted by atomic mass is 16.5. The van der Waals surface area contributed by atoms with Crippen molar-refractivity contribution in [2.24, 2.45) is 7.05 Å². The van der Waals surface area contributed by atoms with Crippen molar-refractivity contribution in [1.82, 2.24) is 14.8 Å². The minimum Gasteiger partial charge on any atom is -0.494 e. The largest absolute Gasteiger partial charge is 0.494 e. The lowest BCUT2D eigenvalue weighted by Gasteiger charge is -2.29. The molecule has 1 saturated heterocycles. The van der Waals surface area contributed by atoms with Gasteiger partial charge in [0.25, 0.3) is 0 Å². The third kappa shape index (κ3) is 2.31. The molecule has 0 spiro atoms. The van der Waals surface area contributed by atoms with Gasteiger partial charge in [-0.1, -0.05) is 12.1 Å². The van der Waals surface area contributed by atoms with Crippen LogP contribution in [0.1, 0.15) is 30.0 Å². The SMILES string of the molecule is COc1cccc2c(N3CCCC3c3cnn(C)c3)c(C)cnc12. The third-order valence-corrected chi connectivity index (χ3v) is 4.88. The van der Waals surface area contributed by atoms with E-state index in [0.29, 0.717) is 6.04 Å². The zero-order chi connectivity index (χ0) is 16.7. The van der Waals surface area contributed by atoms with Crippen molar-refractivity contribution in [2.45, 2.75) is 25.8 Å². The molecule has 4 rings (SSSR count). The van der Waals surface area contributed by atoms with Gasteiger partial charge in [-0.3, -0.25) is 9.67 Å². The maximum absolute atomic E-state index is 5.51. The van der Waals surface area contributed by atoms with Gasteiger partial charge >= 0.3 is 0 Å². The lowest BCUT2D eigenvalue weighted by atomic mass is 10.0. The summed E-state index contributed by atoms with van der Waals surface area (Å²) in [6, 6.07) is 6.53. The van der Waals surface area contributed by atoms with E-state index in [0.717, 1.165) is 29.6 Å². The van der Waals surface area contributed by atoms with E-state index in [4.69, 9.17) is 4.74 Å². The first-order valence-corrected chi connectivity index (χ1v) is 8.36. The highest BCUT2D eigenvalue weighted by Gasteiger charge is 2.29. The highest BCUT2D eigenvalue weighted by molar-refractivity contribution is 5.96. The van der Waals surface area contributed by atoms with Crippen LogP contribution >= 0.6 is 0 Å². The fourth-order valence-corrected chi connectivity index (χ4v) is 3.82. The third-order valence-electron chi connectivity index (χ3n) is 4.88. The molecule has 0 N–H and O–H groups in total. The minimum atomic E-state index is 0.370. The van der Waals surface area contributed by atoms with Crippen LogP contribution in [0.4, 0.5) is 5.69 Å². The zero-order valence-electron chi connectivity index (χ0n) is 14.4. The van der Waals surface area contributed by atoms with Gasteiger partial charge in [0.1, 0.15) is 11.3 Å². The van der Waals surface area contributed by atoms with Crippen LogP contribution in [0.2, 0.25) is 0 Å². The van der Waals surface area contributed by atoms with E-state index in [2.05, 4.69) is 34.2 Å². The Bertz CT molecular complexity index is 886. The fraction of sp³-hybridized carbons (Fsp3) is 0.368. The van der Waals surface area contributed by atoms with Crippen LogP contribution < -0.4 is 9.64 Å². The van der Waals surface area contributed by atoms with Gasteiger partial charge in [-0.25, -0.2) is 0 Å². The van der Waals surface area contributed by atoms with Crippen molar-refractivity contribution in [3.8, 4) is 5.75 Å². The quantitative estimate of drug-likeness (QED) is 0.738. The van der Waals surface area contributed by atoms with Gasteiger partial charge in [-0.05, 0) is 31.4 Å². The second-order valence-corrected chi connectivity index (χ2v) is 6.45. The van der Waals surface area contributed by atoms with Crippen molar-refractivity contribution in [3.63, 3.8) is 0 Å². The molecule has 1 atom stereocenters. The predicted octanol–water partition coefficient (Wildman–Crippen LogP) is 3.63. The molecule has 5 heteroatoms. The number of aromatic nitrogens is 3. The molecule has 5 nitrogen and oxygen atoms in total. The van der Waals surface area contributed by atoms with Gasteiger partial charge in [0.15, 0.2) is 0 Å². The summed E-state index contributed by atoms with van der Waals surface area (Å²) in [4.78, 5) is 7.13. The second-order valence-electron chi connectivity index (χ2n) is 6.45. The number of para-hydroxylation sites is 1. The Morgan fingerprint density at radius 2 is 2.12 bits per heavy atom. The Morgan fingerprint density at radius 1 is 1.25 bits per heavy atom. The summed E-state index contributed by atoms with van der Waals surface area (Å²) >= 11 is 0. The van der Waals surface area contributed by atoms with E-state index in [1.807, 2.05) is 36.3 Å². The van der Waals surface area contributed by atoms with E-state index < -0.39 is 0 Å². The summed E-state index contributed by atoms with van der Waals surface area (Å²) in [6.07, 6.45) is 8.41. The van der Waals surface area contributed by atoms with E-state index in [1.54, 1.807) is 7.11 Å². The molecule has 0 radical (unpaired) electrons. The van der Waals surface area contributed by atoms with Crippen molar-refractivity contribution < 1.29 is 4.74 Å². The first-order valence-electron chi connectivity index (χ1n) is 8.36. The maximum atomic E-state index is 5.51. The number of methoxy groups -OCH3 is 1. The first kappa shape index (κ1) is 15.0. The molecule has 124 valence electrons. The lowest BCUT2D eigenvalue weighted by molar-refractivity contribution is 0.419. The monoisotopic (exact) mass is 322 g/mol. The van der Waals surface area contributed by atoms with Gasteiger partial charge in [0, 0.05) is 36.9 Å². The smallest absolute Gasteiger partial charge is 0.145 e. The van der Waals surface area contributed by atoms with Crippen molar-refractivity contribution in [3.05, 3.63) is 47.9 Å². The number of hydrogen-bond donors (Lipinski definition) is 0. The Hall–Kier alpha value is -2.56. The van der Waals surface area contributed by atoms with E-state index in [-0.39, 0.29) is 0 Å². The van der Waals surface area contributed by atoms with Crippen LogP contribution in [-0.2, 0) is 7.05 Å². The second kappa shape index (κ2) is 5.82. The number of pyridine rings is 1. The number of nitrogens with zero attached hydrogens (tertiary/aromatic N) is 4. The minimum absolute atomic E-state index is 0.370. The highest BCUT2D eigenvalue weighted by Crippen LogP contribution is 2.41. The summed E-state index contributed by atoms with van der Waals surface area (Å²) in [5, 5.41) is 5.52. The predicted molar refractivity (Wildman–Crippen MR) is 95.6 cm³/mol. The molecule has 1 fully saturated rings. The number of hydrogen-bond acceptors (Lipinski definition) is 4. The molecule has 0 bridgehead atoms. The normalized spacial score (nSPS) is 17.6. The van der Waals surface area contributed by atoms with Crippen LogP contribution in [0.5, 0.6) is 5.75 Å². The zero-order valence-corrected chi connectivity index (χ0v) is 14.4. The van der Waals surface area contributed by atoms with E-state index in [9.17, 15) is 0 Å². The lowest BCUT2D eigenvalue weighted by Crippen LogP contribution is -2.23. The van der Waals surface area contributed by atoms with Gasteiger partial charge < -0.3 is 9.64 Å². The topological polar surface area (TPSA) is 43.2 Å². The molecular weight excluding hydrogens is 300 g/mol. The molecule has 0 aliphatic carbocycles. The van der Waals surface area contributed by atoms with Gasteiger partial charge in [-0.15, -0.1) is 0 Å². The van der Waals surface area contributed by atoms with Gasteiger partial charge in [-0.2, -0.15) is 5.10 Å². The first-order chi connectivity index (χ1) is 11.7. The maximum Gasteiger partial charge on any atom is 0.145 e. The van der Waals surface area contributed by atoms with Crippen LogP contribution in [0, 0.1) is 6.92 Å². The number of rotatable bonds is 3. The van der Waals surface area contributed by atoms with E-state index in [1.165, 1.54) is 23.2 Å². The standard InChI is InChI=1S/C19H22N4O/c1-13-10-20-18-15(6-4-8-17(18)24-3)19(13)23-9-5-7-16(23)14-11-21-22(2)12-14/h4,6,8,10-12,16H,5,7,9H2,1-3H3. The van der Waals surface area contributed by atoms with Crippen LogP contribution in [0.15, 0.2) is 36.8 Å². The molecule has 1 aliphatic heterocycles. The summed E-state index contributed by atoms with van der Waals surface area (Å²) < 4.78 is 7.39. The molecule has 1 aromatic carbocycles. The summed E-state index contributed by atoms with van der Waals surface area (Å²) in [5.74, 6) is 0.825. The molecule has 0 amide bonds. The molecule has 3 aromatic rings. The molecule has 2 aromatic heterocycles. The molecule has 1 unspecified atom stereocenters. The molecular formula is C19H22N4O. The number of anilines is 1. The summed E-state index contributed by atoms with van der Waals surface area (Å²) in [5.41, 5.74) is 4.68. The number of aryl methyl sites for hydroxylation is 2. The Kier molecular flexibility index (Phi) is 3.63. The average molecular weight is 322 g/mol. The van der Waals surface area contributed by atoms with Crippen LogP contribution in [-0.4, -0.2) is 28.4 Å². The Balaban J connectivity index is 1.87. The average Bonchev–Trinajstić information content (AvgIpc) is 3.22. The number of fused-ring (bicyclic) bond motifs is 1. The molecule has 3 heterocycles. The Morgan fingerprint density at radius 3 is 2.88 bits per heavy atom. The van der Waals surface area contributed by atoms with Gasteiger partial charge in [0.05, 0.1) is 25.0 Å². The molecule has 1 aliphatic rings. The Labute approximate surface area is 141 Å². The molecule has 24 heavy (non-hydrogen) atoms. The summed E-state index contributed by atoms with van der Waals surface area (Å²) in [6.45, 7) is 3.19. The van der Waals surface area contributed by atoms with Crippen LogP contribution in [0.3, 0.4) is 0 Å². The van der Waals surface area contributed by atoms with E-state index >= 15 is 0 Å². The van der Waals surface area contributed by atoms with Gasteiger partial charge in [0.2, 0.25) is 0 Å². The van der Waals surface area contributed by atoms with Crippen molar-refractivity contribution in [1.29, 1.82) is 0 Å². The molecule has 0 saturated carbocycles. The van der Waals surface area contributed by atoms with Crippen molar-refractivity contribution in [2.75, 3.05) is 18.6 Å².